The molecule has 1 saturated carbocycles. The molecular weight excluding hydrogens is 358 g/mol. The molecule has 2 amide bonds. The summed E-state index contributed by atoms with van der Waals surface area (Å²) in [5, 5.41) is 2.92. The van der Waals surface area contributed by atoms with Crippen molar-refractivity contribution in [3.63, 3.8) is 0 Å². The number of carbonyl (C=O) groups is 3. The van der Waals surface area contributed by atoms with E-state index in [1.807, 2.05) is 0 Å². The Morgan fingerprint density at radius 2 is 1.96 bits per heavy atom. The van der Waals surface area contributed by atoms with Gasteiger partial charge in [0.25, 0.3) is 5.91 Å². The van der Waals surface area contributed by atoms with Gasteiger partial charge in [-0.2, -0.15) is 0 Å². The monoisotopic (exact) mass is 387 g/mol. The molecule has 0 radical (unpaired) electrons. The fourth-order valence-corrected chi connectivity index (χ4v) is 4.16. The van der Waals surface area contributed by atoms with E-state index in [0.29, 0.717) is 30.6 Å². The molecule has 1 aliphatic carbocycles. The van der Waals surface area contributed by atoms with Crippen molar-refractivity contribution in [3.8, 4) is 0 Å². The molecule has 1 aliphatic heterocycles. The molecule has 2 aliphatic rings. The van der Waals surface area contributed by atoms with Crippen LogP contribution in [0.25, 0.3) is 0 Å². The van der Waals surface area contributed by atoms with E-state index >= 15 is 0 Å². The first-order valence-corrected chi connectivity index (χ1v) is 10.0. The van der Waals surface area contributed by atoms with Gasteiger partial charge in [0.05, 0.1) is 7.11 Å². The Bertz CT molecular complexity index is 736. The second-order valence-electron chi connectivity index (χ2n) is 7.73. The molecule has 7 nitrogen and oxygen atoms in total. The highest BCUT2D eigenvalue weighted by atomic mass is 16.5. The van der Waals surface area contributed by atoms with Crippen LogP contribution in [-0.2, 0) is 14.3 Å². The number of nitrogens with zero attached hydrogens (tertiary/aromatic N) is 1. The van der Waals surface area contributed by atoms with Crippen LogP contribution >= 0.6 is 0 Å². The molecule has 1 saturated heterocycles. The maximum Gasteiger partial charge on any atom is 0.328 e. The van der Waals surface area contributed by atoms with Gasteiger partial charge in [-0.15, -0.1) is 0 Å². The van der Waals surface area contributed by atoms with Gasteiger partial charge in [-0.1, -0.05) is 12.5 Å². The van der Waals surface area contributed by atoms with Crippen molar-refractivity contribution in [2.45, 2.75) is 57.0 Å². The lowest BCUT2D eigenvalue weighted by atomic mass is 9.85. The molecule has 2 fully saturated rings. The zero-order valence-electron chi connectivity index (χ0n) is 16.4. The number of ether oxygens (including phenoxy) is 1. The number of nitrogens with one attached hydrogen (secondary N) is 1. The van der Waals surface area contributed by atoms with Crippen molar-refractivity contribution in [3.05, 3.63) is 29.8 Å². The number of likely N-dealkylation sites (tertiary alicyclic amines) is 1. The van der Waals surface area contributed by atoms with Gasteiger partial charge in [-0.25, -0.2) is 4.79 Å². The van der Waals surface area contributed by atoms with E-state index in [-0.39, 0.29) is 29.7 Å². The second-order valence-corrected chi connectivity index (χ2v) is 7.73. The first-order valence-electron chi connectivity index (χ1n) is 10.0. The zero-order valence-corrected chi connectivity index (χ0v) is 16.4. The third-order valence-electron chi connectivity index (χ3n) is 5.70. The molecule has 152 valence electrons. The largest absolute Gasteiger partial charge is 0.467 e. The Balaban J connectivity index is 1.70. The van der Waals surface area contributed by atoms with Crippen molar-refractivity contribution < 1.29 is 19.1 Å². The van der Waals surface area contributed by atoms with Gasteiger partial charge in [-0.05, 0) is 56.7 Å². The number of nitrogens with two attached hydrogens (primary N) is 1. The summed E-state index contributed by atoms with van der Waals surface area (Å²) >= 11 is 0. The normalized spacial score (nSPS) is 25.1. The van der Waals surface area contributed by atoms with Crippen LogP contribution in [0.1, 0.15) is 55.3 Å². The summed E-state index contributed by atoms with van der Waals surface area (Å²) in [7, 11) is 1.34. The predicted molar refractivity (Wildman–Crippen MR) is 106 cm³/mol. The van der Waals surface area contributed by atoms with E-state index in [9.17, 15) is 14.4 Å². The second kappa shape index (κ2) is 9.19. The summed E-state index contributed by atoms with van der Waals surface area (Å²) < 4.78 is 4.86. The molecular formula is C21H29N3O4. The zero-order chi connectivity index (χ0) is 20.1. The average molecular weight is 387 g/mol. The molecule has 1 heterocycles. The summed E-state index contributed by atoms with van der Waals surface area (Å²) in [6, 6.07) is 6.42. The lowest BCUT2D eigenvalue weighted by molar-refractivity contribution is -0.147. The lowest BCUT2D eigenvalue weighted by Gasteiger charge is -2.33. The Morgan fingerprint density at radius 1 is 1.14 bits per heavy atom. The van der Waals surface area contributed by atoms with Crippen molar-refractivity contribution in [1.29, 1.82) is 0 Å². The number of amides is 2. The topological polar surface area (TPSA) is 102 Å². The van der Waals surface area contributed by atoms with Crippen LogP contribution in [0.15, 0.2) is 24.3 Å². The SMILES string of the molecule is COC(=O)C1CCCCN1C(=O)c1cccc(NC(=O)C2CCCC(N)C2)c1. The van der Waals surface area contributed by atoms with Crippen molar-refractivity contribution in [1.82, 2.24) is 4.90 Å². The number of benzene rings is 1. The van der Waals surface area contributed by atoms with Gasteiger partial charge >= 0.3 is 5.97 Å². The van der Waals surface area contributed by atoms with Crippen molar-refractivity contribution >= 4 is 23.5 Å². The number of anilines is 1. The summed E-state index contributed by atoms with van der Waals surface area (Å²) in [5.41, 5.74) is 7.02. The molecule has 3 rings (SSSR count). The molecule has 0 aromatic heterocycles. The van der Waals surface area contributed by atoms with Gasteiger partial charge in [0.1, 0.15) is 6.04 Å². The van der Waals surface area contributed by atoms with E-state index < -0.39 is 6.04 Å². The highest BCUT2D eigenvalue weighted by molar-refractivity contribution is 5.99. The van der Waals surface area contributed by atoms with Gasteiger partial charge in [0.2, 0.25) is 5.91 Å². The summed E-state index contributed by atoms with van der Waals surface area (Å²) in [6.45, 7) is 0.523. The number of rotatable bonds is 4. The molecule has 1 aromatic carbocycles. The van der Waals surface area contributed by atoms with Crippen LogP contribution in [0.4, 0.5) is 5.69 Å². The van der Waals surface area contributed by atoms with Gasteiger partial charge in [-0.3, -0.25) is 9.59 Å². The number of hydrogen-bond acceptors (Lipinski definition) is 5. The molecule has 0 spiro atoms. The smallest absolute Gasteiger partial charge is 0.328 e. The minimum absolute atomic E-state index is 0.0508. The quantitative estimate of drug-likeness (QED) is 0.772. The number of esters is 1. The lowest BCUT2D eigenvalue weighted by Crippen LogP contribution is -2.48. The third kappa shape index (κ3) is 4.70. The standard InChI is InChI=1S/C21H29N3O4/c1-28-21(27)18-10-2-3-11-24(18)20(26)15-7-5-9-17(13-15)23-19(25)14-6-4-8-16(22)12-14/h5,7,9,13-14,16,18H,2-4,6,8,10-12,22H2,1H3,(H,23,25). The average Bonchev–Trinajstić information content (AvgIpc) is 2.72. The van der Waals surface area contributed by atoms with Crippen LogP contribution in [0.2, 0.25) is 0 Å². The molecule has 3 unspecified atom stereocenters. The van der Waals surface area contributed by atoms with Gasteiger partial charge in [0, 0.05) is 29.8 Å². The van der Waals surface area contributed by atoms with Gasteiger partial charge < -0.3 is 20.7 Å². The molecule has 0 bridgehead atoms. The highest BCUT2D eigenvalue weighted by Crippen LogP contribution is 2.25. The molecule has 1 aromatic rings. The Hall–Kier alpha value is -2.41. The van der Waals surface area contributed by atoms with E-state index in [2.05, 4.69) is 5.32 Å². The Kier molecular flexibility index (Phi) is 6.67. The van der Waals surface area contributed by atoms with Crippen molar-refractivity contribution in [2.75, 3.05) is 19.0 Å². The maximum absolute atomic E-state index is 13.0. The summed E-state index contributed by atoms with van der Waals surface area (Å²) in [5.74, 6) is -0.740. The van der Waals surface area contributed by atoms with Crippen LogP contribution in [-0.4, -0.2) is 48.4 Å². The van der Waals surface area contributed by atoms with E-state index in [4.69, 9.17) is 10.5 Å². The van der Waals surface area contributed by atoms with E-state index in [0.717, 1.165) is 32.1 Å². The maximum atomic E-state index is 13.0. The van der Waals surface area contributed by atoms with Crippen LogP contribution < -0.4 is 11.1 Å². The van der Waals surface area contributed by atoms with Crippen LogP contribution in [0.5, 0.6) is 0 Å². The molecule has 3 atom stereocenters. The van der Waals surface area contributed by atoms with Crippen LogP contribution in [0.3, 0.4) is 0 Å². The molecule has 28 heavy (non-hydrogen) atoms. The fraction of sp³-hybridized carbons (Fsp3) is 0.571. The number of carbonyl (C=O) groups excluding carboxylic acids is 3. The van der Waals surface area contributed by atoms with Gasteiger partial charge in [0.15, 0.2) is 0 Å². The first-order chi connectivity index (χ1) is 13.5. The van der Waals surface area contributed by atoms with Crippen LogP contribution in [0, 0.1) is 5.92 Å². The first kappa shape index (κ1) is 20.3. The third-order valence-corrected chi connectivity index (χ3v) is 5.70. The summed E-state index contributed by atoms with van der Waals surface area (Å²) in [4.78, 5) is 39.2. The molecule has 7 heteroatoms. The minimum atomic E-state index is -0.548. The number of hydrogen-bond donors (Lipinski definition) is 2. The van der Waals surface area contributed by atoms with E-state index in [1.165, 1.54) is 7.11 Å². The Labute approximate surface area is 165 Å². The van der Waals surface area contributed by atoms with Crippen molar-refractivity contribution in [2.24, 2.45) is 11.7 Å². The fourth-order valence-electron chi connectivity index (χ4n) is 4.16. The predicted octanol–water partition coefficient (Wildman–Crippen LogP) is 2.31. The molecule has 3 N–H and O–H groups in total. The Morgan fingerprint density at radius 3 is 2.71 bits per heavy atom. The number of piperidine rings is 1. The number of methoxy groups -OCH3 is 1. The minimum Gasteiger partial charge on any atom is -0.467 e. The summed E-state index contributed by atoms with van der Waals surface area (Å²) in [6.07, 6.45) is 5.82. The van der Waals surface area contributed by atoms with E-state index in [1.54, 1.807) is 29.2 Å². The highest BCUT2D eigenvalue weighted by Gasteiger charge is 2.33.